The summed E-state index contributed by atoms with van der Waals surface area (Å²) in [7, 11) is -1.36. The molecule has 0 spiro atoms. The number of nitrogens with one attached hydrogen (secondary N) is 1. The third-order valence-corrected chi connectivity index (χ3v) is 6.40. The van der Waals surface area contributed by atoms with Gasteiger partial charge in [0, 0.05) is 24.3 Å². The Kier molecular flexibility index (Phi) is 4.23. The quantitative estimate of drug-likeness (QED) is 0.862. The first kappa shape index (κ1) is 15.2. The zero-order valence-electron chi connectivity index (χ0n) is 12.0. The maximum atomic E-state index is 12.4. The molecule has 0 aromatic carbocycles. The Hall–Kier alpha value is -0.690. The molecule has 2 aliphatic rings. The standard InChI is InChI=1S/C14H20ClN3O2S/c1-18-11-3-2-4-12(18)8-10(7-11)17-21(19,20)13-5-6-14(15)16-9-13/h5-6,9-12,17H,2-4,7-8H2,1H3. The smallest absolute Gasteiger partial charge is 0.242 e. The lowest BCUT2D eigenvalue weighted by Gasteiger charge is -2.47. The minimum absolute atomic E-state index is 0.0113. The monoisotopic (exact) mass is 329 g/mol. The SMILES string of the molecule is CN1C2CCCC1CC(NS(=O)(=O)c1ccc(Cl)nc1)C2. The summed E-state index contributed by atoms with van der Waals surface area (Å²) in [5, 5.41) is 0.294. The molecule has 116 valence electrons. The fourth-order valence-corrected chi connectivity index (χ4v) is 4.84. The molecule has 2 unspecified atom stereocenters. The highest BCUT2D eigenvalue weighted by molar-refractivity contribution is 7.89. The second kappa shape index (κ2) is 5.83. The van der Waals surface area contributed by atoms with E-state index in [4.69, 9.17) is 11.6 Å². The van der Waals surface area contributed by atoms with Gasteiger partial charge >= 0.3 is 0 Å². The summed E-state index contributed by atoms with van der Waals surface area (Å²) in [6, 6.07) is 3.99. The number of sulfonamides is 1. The molecule has 3 heterocycles. The van der Waals surface area contributed by atoms with E-state index >= 15 is 0 Å². The summed E-state index contributed by atoms with van der Waals surface area (Å²) in [4.78, 5) is 6.44. The van der Waals surface area contributed by atoms with Crippen molar-refractivity contribution in [3.8, 4) is 0 Å². The molecule has 1 aromatic heterocycles. The van der Waals surface area contributed by atoms with Crippen molar-refractivity contribution in [3.05, 3.63) is 23.5 Å². The van der Waals surface area contributed by atoms with Gasteiger partial charge in [-0.25, -0.2) is 18.1 Å². The van der Waals surface area contributed by atoms with E-state index in [2.05, 4.69) is 21.7 Å². The van der Waals surface area contributed by atoms with Crippen LogP contribution in [0.4, 0.5) is 0 Å². The fourth-order valence-electron chi connectivity index (χ4n) is 3.52. The predicted molar refractivity (Wildman–Crippen MR) is 81.8 cm³/mol. The summed E-state index contributed by atoms with van der Waals surface area (Å²) in [6.45, 7) is 0. The number of halogens is 1. The molecule has 0 aliphatic carbocycles. The Bertz CT molecular complexity index is 591. The first-order chi connectivity index (χ1) is 9.95. The van der Waals surface area contributed by atoms with E-state index < -0.39 is 10.0 Å². The predicted octanol–water partition coefficient (Wildman–Crippen LogP) is 2.03. The Labute approximate surface area is 130 Å². The molecule has 2 bridgehead atoms. The molecule has 2 aliphatic heterocycles. The van der Waals surface area contributed by atoms with E-state index in [9.17, 15) is 8.42 Å². The van der Waals surface area contributed by atoms with E-state index in [1.54, 1.807) is 0 Å². The lowest BCUT2D eigenvalue weighted by Crippen LogP contribution is -2.55. The zero-order chi connectivity index (χ0) is 15.0. The summed E-state index contributed by atoms with van der Waals surface area (Å²) in [5.41, 5.74) is 0. The largest absolute Gasteiger partial charge is 0.300 e. The average molecular weight is 330 g/mol. The Morgan fingerprint density at radius 1 is 1.29 bits per heavy atom. The van der Waals surface area contributed by atoms with Crippen molar-refractivity contribution in [2.45, 2.75) is 55.1 Å². The van der Waals surface area contributed by atoms with Crippen molar-refractivity contribution < 1.29 is 8.42 Å². The van der Waals surface area contributed by atoms with Gasteiger partial charge in [-0.1, -0.05) is 18.0 Å². The van der Waals surface area contributed by atoms with Gasteiger partial charge in [0.25, 0.3) is 0 Å². The van der Waals surface area contributed by atoms with Crippen molar-refractivity contribution in [2.24, 2.45) is 0 Å². The maximum absolute atomic E-state index is 12.4. The van der Waals surface area contributed by atoms with Crippen LogP contribution in [0.25, 0.3) is 0 Å². The van der Waals surface area contributed by atoms with Crippen LogP contribution in [0.5, 0.6) is 0 Å². The molecule has 7 heteroatoms. The van der Waals surface area contributed by atoms with Crippen LogP contribution in [0.2, 0.25) is 5.15 Å². The summed E-state index contributed by atoms with van der Waals surface area (Å²) < 4.78 is 27.7. The molecule has 0 radical (unpaired) electrons. The number of pyridine rings is 1. The molecular weight excluding hydrogens is 310 g/mol. The number of fused-ring (bicyclic) bond motifs is 2. The topological polar surface area (TPSA) is 62.3 Å². The van der Waals surface area contributed by atoms with Crippen LogP contribution in [0.15, 0.2) is 23.2 Å². The number of aromatic nitrogens is 1. The fraction of sp³-hybridized carbons (Fsp3) is 0.643. The number of hydrogen-bond donors (Lipinski definition) is 1. The van der Waals surface area contributed by atoms with E-state index in [0.29, 0.717) is 17.2 Å². The molecule has 2 fully saturated rings. The van der Waals surface area contributed by atoms with Gasteiger partial charge in [0.1, 0.15) is 10.0 Å². The second-order valence-electron chi connectivity index (χ2n) is 6.01. The van der Waals surface area contributed by atoms with Gasteiger partial charge in [-0.15, -0.1) is 0 Å². The van der Waals surface area contributed by atoms with Gasteiger partial charge in [0.05, 0.1) is 0 Å². The molecule has 0 amide bonds. The Balaban J connectivity index is 1.73. The molecule has 3 rings (SSSR count). The average Bonchev–Trinajstić information content (AvgIpc) is 2.40. The number of nitrogens with zero attached hydrogens (tertiary/aromatic N) is 2. The van der Waals surface area contributed by atoms with Gasteiger partial charge < -0.3 is 4.90 Å². The van der Waals surface area contributed by atoms with Crippen LogP contribution >= 0.6 is 11.6 Å². The van der Waals surface area contributed by atoms with Gasteiger partial charge in [-0.05, 0) is 44.9 Å². The molecule has 1 aromatic rings. The van der Waals surface area contributed by atoms with Crippen molar-refractivity contribution in [1.82, 2.24) is 14.6 Å². The number of hydrogen-bond acceptors (Lipinski definition) is 4. The van der Waals surface area contributed by atoms with E-state index in [1.807, 2.05) is 0 Å². The van der Waals surface area contributed by atoms with Gasteiger partial charge in [0.15, 0.2) is 0 Å². The van der Waals surface area contributed by atoms with Crippen molar-refractivity contribution in [1.29, 1.82) is 0 Å². The molecule has 2 saturated heterocycles. The second-order valence-corrected chi connectivity index (χ2v) is 8.11. The Morgan fingerprint density at radius 3 is 2.52 bits per heavy atom. The summed E-state index contributed by atoms with van der Waals surface area (Å²) in [5.74, 6) is 0. The zero-order valence-corrected chi connectivity index (χ0v) is 13.6. The number of rotatable bonds is 3. The molecule has 21 heavy (non-hydrogen) atoms. The minimum Gasteiger partial charge on any atom is -0.300 e. The highest BCUT2D eigenvalue weighted by Gasteiger charge is 2.37. The van der Waals surface area contributed by atoms with Gasteiger partial charge in [-0.2, -0.15) is 0 Å². The third kappa shape index (κ3) is 3.23. The van der Waals surface area contributed by atoms with Crippen LogP contribution in [0, 0.1) is 0 Å². The molecule has 5 nitrogen and oxygen atoms in total. The molecule has 0 saturated carbocycles. The summed E-state index contributed by atoms with van der Waals surface area (Å²) >= 11 is 5.70. The summed E-state index contributed by atoms with van der Waals surface area (Å²) in [6.07, 6.45) is 6.64. The van der Waals surface area contributed by atoms with Gasteiger partial charge in [0.2, 0.25) is 10.0 Å². The molecule has 1 N–H and O–H groups in total. The van der Waals surface area contributed by atoms with Crippen LogP contribution < -0.4 is 4.72 Å². The lowest BCUT2D eigenvalue weighted by atomic mass is 9.83. The van der Waals surface area contributed by atoms with Crippen LogP contribution in [0.1, 0.15) is 32.1 Å². The first-order valence-corrected chi connectivity index (χ1v) is 9.17. The highest BCUT2D eigenvalue weighted by atomic mass is 35.5. The van der Waals surface area contributed by atoms with Crippen molar-refractivity contribution in [3.63, 3.8) is 0 Å². The molecule has 2 atom stereocenters. The van der Waals surface area contributed by atoms with Crippen LogP contribution in [-0.4, -0.2) is 43.5 Å². The normalized spacial score (nSPS) is 30.3. The Morgan fingerprint density at radius 2 is 1.95 bits per heavy atom. The van der Waals surface area contributed by atoms with Gasteiger partial charge in [-0.3, -0.25) is 0 Å². The maximum Gasteiger partial charge on any atom is 0.242 e. The highest BCUT2D eigenvalue weighted by Crippen LogP contribution is 2.33. The minimum atomic E-state index is -3.51. The van der Waals surface area contributed by atoms with Crippen LogP contribution in [0.3, 0.4) is 0 Å². The van der Waals surface area contributed by atoms with E-state index in [0.717, 1.165) is 25.7 Å². The first-order valence-electron chi connectivity index (χ1n) is 7.31. The number of piperidine rings is 2. The lowest BCUT2D eigenvalue weighted by molar-refractivity contribution is 0.0536. The van der Waals surface area contributed by atoms with Crippen LogP contribution in [-0.2, 0) is 10.0 Å². The van der Waals surface area contributed by atoms with Crippen molar-refractivity contribution >= 4 is 21.6 Å². The van der Waals surface area contributed by atoms with E-state index in [-0.39, 0.29) is 10.9 Å². The molecular formula is C14H20ClN3O2S. The van der Waals surface area contributed by atoms with Crippen molar-refractivity contribution in [2.75, 3.05) is 7.05 Å². The third-order valence-electron chi connectivity index (χ3n) is 4.67. The van der Waals surface area contributed by atoms with E-state index in [1.165, 1.54) is 24.8 Å².